The summed E-state index contributed by atoms with van der Waals surface area (Å²) in [6.07, 6.45) is 7.59. The maximum atomic E-state index is 11.1. The molecule has 2 N–H and O–H groups in total. The first-order valence-corrected chi connectivity index (χ1v) is 11.1. The second-order valence-corrected chi connectivity index (χ2v) is 8.14. The molecule has 2 fully saturated rings. The molecule has 180 valence electrons. The summed E-state index contributed by atoms with van der Waals surface area (Å²) in [6.45, 7) is 3.38. The van der Waals surface area contributed by atoms with E-state index in [1.54, 1.807) is 0 Å². The van der Waals surface area contributed by atoms with Gasteiger partial charge in [0.2, 0.25) is 23.6 Å². The molecule has 0 atom stereocenters. The smallest absolute Gasteiger partial charge is 0.318 e. The molecule has 14 nitrogen and oxygen atoms in total. The number of aromatic nitrogens is 3. The van der Waals surface area contributed by atoms with Gasteiger partial charge in [-0.1, -0.05) is 0 Å². The number of piperidine rings is 2. The Hall–Kier alpha value is -4.10. The van der Waals surface area contributed by atoms with Crippen molar-refractivity contribution in [2.75, 3.05) is 41.4 Å². The fourth-order valence-corrected chi connectivity index (χ4v) is 4.00. The van der Waals surface area contributed by atoms with E-state index in [1.165, 1.54) is 0 Å². The summed E-state index contributed by atoms with van der Waals surface area (Å²) >= 11 is 0. The Balaban J connectivity index is 1.61. The molecule has 2 aromatic rings. The molecule has 2 saturated heterocycles. The summed E-state index contributed by atoms with van der Waals surface area (Å²) in [5.41, 5.74) is 1.18. The number of nitrogens with zero attached hydrogens (tertiary/aromatic N) is 8. The average Bonchev–Trinajstić information content (AvgIpc) is 2.85. The van der Waals surface area contributed by atoms with E-state index in [-0.39, 0.29) is 11.5 Å². The number of hydrazone groups is 1. The molecule has 2 aliphatic rings. The fourth-order valence-electron chi connectivity index (χ4n) is 4.00. The molecule has 0 aliphatic carbocycles. The molecule has 0 bridgehead atoms. The second-order valence-electron chi connectivity index (χ2n) is 8.14. The molecular weight excluding hydrogens is 446 g/mol. The van der Waals surface area contributed by atoms with Gasteiger partial charge in [-0.05, 0) is 38.5 Å². The summed E-state index contributed by atoms with van der Waals surface area (Å²) in [5.74, 6) is 0.537. The van der Waals surface area contributed by atoms with Crippen LogP contribution in [-0.2, 0) is 0 Å². The molecule has 1 aromatic carbocycles. The molecule has 0 saturated carbocycles. The summed E-state index contributed by atoms with van der Waals surface area (Å²) in [5, 5.41) is 36.4. The van der Waals surface area contributed by atoms with Crippen molar-refractivity contribution in [1.82, 2.24) is 15.0 Å². The lowest BCUT2D eigenvalue weighted by Gasteiger charge is -2.30. The van der Waals surface area contributed by atoms with Gasteiger partial charge in [0.05, 0.1) is 27.7 Å². The van der Waals surface area contributed by atoms with E-state index in [0.29, 0.717) is 18.0 Å². The normalized spacial score (nSPS) is 16.6. The van der Waals surface area contributed by atoms with Crippen LogP contribution >= 0.6 is 0 Å². The first-order chi connectivity index (χ1) is 16.4. The second kappa shape index (κ2) is 10.2. The van der Waals surface area contributed by atoms with E-state index in [4.69, 9.17) is 0 Å². The van der Waals surface area contributed by atoms with Gasteiger partial charge in [-0.2, -0.15) is 20.1 Å². The fraction of sp³-hybridized carbons (Fsp3) is 0.500. The quantitative estimate of drug-likeness (QED) is 0.345. The third kappa shape index (κ3) is 5.27. The molecule has 2 aliphatic heterocycles. The highest BCUT2D eigenvalue weighted by molar-refractivity contribution is 5.87. The number of nitro benzene ring substituents is 2. The molecule has 0 unspecified atom stereocenters. The van der Waals surface area contributed by atoms with Gasteiger partial charge in [0.15, 0.2) is 0 Å². The summed E-state index contributed by atoms with van der Waals surface area (Å²) < 4.78 is 0. The first kappa shape index (κ1) is 23.1. The SMILES string of the molecule is O=[N+]([O-])c1cc(C=NNc2nc(N3CCCCC3)nc(N3CCCCC3)n2)c(O)c([N+](=O)[O-])c1. The summed E-state index contributed by atoms with van der Waals surface area (Å²) in [4.78, 5) is 38.4. The molecule has 0 amide bonds. The Kier molecular flexibility index (Phi) is 6.94. The number of aromatic hydroxyl groups is 1. The molecule has 0 radical (unpaired) electrons. The van der Waals surface area contributed by atoms with Crippen LogP contribution in [0.1, 0.15) is 44.1 Å². The van der Waals surface area contributed by atoms with Crippen molar-refractivity contribution in [1.29, 1.82) is 0 Å². The number of hydrogen-bond acceptors (Lipinski definition) is 12. The lowest BCUT2D eigenvalue weighted by atomic mass is 10.1. The van der Waals surface area contributed by atoms with Crippen molar-refractivity contribution in [3.05, 3.63) is 37.9 Å². The molecule has 34 heavy (non-hydrogen) atoms. The van der Waals surface area contributed by atoms with Gasteiger partial charge in [0, 0.05) is 32.2 Å². The largest absolute Gasteiger partial charge is 0.502 e. The van der Waals surface area contributed by atoms with E-state index >= 15 is 0 Å². The predicted octanol–water partition coefficient (Wildman–Crippen LogP) is 2.82. The highest BCUT2D eigenvalue weighted by atomic mass is 16.6. The van der Waals surface area contributed by atoms with Gasteiger partial charge in [0.25, 0.3) is 5.69 Å². The lowest BCUT2D eigenvalue weighted by molar-refractivity contribution is -0.394. The molecule has 0 spiro atoms. The average molecular weight is 471 g/mol. The van der Waals surface area contributed by atoms with Crippen LogP contribution in [0.15, 0.2) is 17.2 Å². The topological polar surface area (TPSA) is 176 Å². The number of nitrogens with one attached hydrogen (secondary N) is 1. The van der Waals surface area contributed by atoms with Gasteiger partial charge in [-0.25, -0.2) is 5.43 Å². The maximum Gasteiger partial charge on any atom is 0.318 e. The molecule has 1 aromatic heterocycles. The number of phenolic OH excluding ortho intramolecular Hbond substituents is 1. The zero-order valence-corrected chi connectivity index (χ0v) is 18.5. The standard InChI is InChI=1S/C20H25N9O5/c30-17-14(11-15(28(31)32)12-16(17)29(33)34)13-21-25-18-22-19(26-7-3-1-4-8-26)24-20(23-18)27-9-5-2-6-10-27/h11-13,30H,1-10H2,(H,22,23,24,25). The third-order valence-corrected chi connectivity index (χ3v) is 5.77. The number of anilines is 3. The van der Waals surface area contributed by atoms with Gasteiger partial charge in [0.1, 0.15) is 0 Å². The highest BCUT2D eigenvalue weighted by Gasteiger charge is 2.23. The summed E-state index contributed by atoms with van der Waals surface area (Å²) in [6, 6.07) is 1.70. The van der Waals surface area contributed by atoms with Crippen molar-refractivity contribution < 1.29 is 15.0 Å². The maximum absolute atomic E-state index is 11.1. The zero-order valence-electron chi connectivity index (χ0n) is 18.5. The molecule has 14 heteroatoms. The van der Waals surface area contributed by atoms with Gasteiger partial charge in [-0.3, -0.25) is 20.2 Å². The minimum Gasteiger partial charge on any atom is -0.502 e. The van der Waals surface area contributed by atoms with Crippen molar-refractivity contribution in [2.45, 2.75) is 38.5 Å². The highest BCUT2D eigenvalue weighted by Crippen LogP contribution is 2.33. The zero-order chi connectivity index (χ0) is 24.1. The number of phenols is 1. The van der Waals surface area contributed by atoms with Crippen LogP contribution in [-0.4, -0.2) is 62.3 Å². The number of benzene rings is 1. The Labute approximate surface area is 194 Å². The molecule has 4 rings (SSSR count). The molecule has 3 heterocycles. The Bertz CT molecular complexity index is 1060. The van der Waals surface area contributed by atoms with Crippen molar-refractivity contribution >= 4 is 35.4 Å². The summed E-state index contributed by atoms with van der Waals surface area (Å²) in [7, 11) is 0. The van der Waals surface area contributed by atoms with Crippen LogP contribution in [0.3, 0.4) is 0 Å². The third-order valence-electron chi connectivity index (χ3n) is 5.77. The van der Waals surface area contributed by atoms with Gasteiger partial charge in [-0.15, -0.1) is 0 Å². The van der Waals surface area contributed by atoms with Crippen LogP contribution in [0.25, 0.3) is 0 Å². The van der Waals surface area contributed by atoms with E-state index in [9.17, 15) is 25.3 Å². The van der Waals surface area contributed by atoms with Crippen LogP contribution in [0.5, 0.6) is 5.75 Å². The van der Waals surface area contributed by atoms with E-state index < -0.39 is 27.0 Å². The lowest BCUT2D eigenvalue weighted by Crippen LogP contribution is -2.34. The predicted molar refractivity (Wildman–Crippen MR) is 125 cm³/mol. The van der Waals surface area contributed by atoms with E-state index in [1.807, 2.05) is 0 Å². The minimum absolute atomic E-state index is 0.173. The number of hydrogen-bond donors (Lipinski definition) is 2. The van der Waals surface area contributed by atoms with Crippen LogP contribution in [0.2, 0.25) is 0 Å². The van der Waals surface area contributed by atoms with Crippen molar-refractivity contribution in [3.63, 3.8) is 0 Å². The Morgan fingerprint density at radius 3 is 1.94 bits per heavy atom. The monoisotopic (exact) mass is 471 g/mol. The molecular formula is C20H25N9O5. The minimum atomic E-state index is -0.894. The number of nitro groups is 2. The Morgan fingerprint density at radius 2 is 1.44 bits per heavy atom. The number of rotatable bonds is 7. The van der Waals surface area contributed by atoms with Crippen molar-refractivity contribution in [3.8, 4) is 5.75 Å². The van der Waals surface area contributed by atoms with Crippen LogP contribution in [0, 0.1) is 20.2 Å². The van der Waals surface area contributed by atoms with Crippen LogP contribution < -0.4 is 15.2 Å². The first-order valence-electron chi connectivity index (χ1n) is 11.1. The van der Waals surface area contributed by atoms with Gasteiger partial charge < -0.3 is 14.9 Å². The van der Waals surface area contributed by atoms with Gasteiger partial charge >= 0.3 is 5.69 Å². The van der Waals surface area contributed by atoms with Crippen molar-refractivity contribution in [2.24, 2.45) is 5.10 Å². The van der Waals surface area contributed by atoms with E-state index in [2.05, 4.69) is 35.3 Å². The Morgan fingerprint density at radius 1 is 0.882 bits per heavy atom. The van der Waals surface area contributed by atoms with Crippen LogP contribution in [0.4, 0.5) is 29.2 Å². The number of non-ortho nitro benzene ring substituents is 1. The van der Waals surface area contributed by atoms with E-state index in [0.717, 1.165) is 77.0 Å².